The number of carboxylic acids is 1. The zero-order valence-electron chi connectivity index (χ0n) is 13.4. The largest absolute Gasteiger partial charge is 0.480 e. The summed E-state index contributed by atoms with van der Waals surface area (Å²) in [5.41, 5.74) is -1.15. The Labute approximate surface area is 131 Å². The van der Waals surface area contributed by atoms with Gasteiger partial charge in [0.25, 0.3) is 0 Å². The molecule has 1 aliphatic heterocycles. The van der Waals surface area contributed by atoms with Crippen molar-refractivity contribution in [3.63, 3.8) is 0 Å². The maximum atomic E-state index is 12.4. The lowest BCUT2D eigenvalue weighted by Crippen LogP contribution is -2.57. The summed E-state index contributed by atoms with van der Waals surface area (Å²) in [5, 5.41) is 12.4. The maximum absolute atomic E-state index is 12.4. The van der Waals surface area contributed by atoms with Gasteiger partial charge in [0, 0.05) is 19.5 Å². The van der Waals surface area contributed by atoms with Crippen molar-refractivity contribution >= 4 is 17.8 Å². The number of nitrogens with one attached hydrogen (secondary N) is 1. The molecule has 0 aromatic carbocycles. The van der Waals surface area contributed by atoms with Crippen LogP contribution in [0.15, 0.2) is 0 Å². The zero-order chi connectivity index (χ0) is 16.3. The second-order valence-corrected chi connectivity index (χ2v) is 6.56. The van der Waals surface area contributed by atoms with Crippen LogP contribution in [0.2, 0.25) is 0 Å². The van der Waals surface area contributed by atoms with Crippen molar-refractivity contribution in [3.8, 4) is 0 Å². The minimum absolute atomic E-state index is 0.0262. The van der Waals surface area contributed by atoms with Gasteiger partial charge in [-0.2, -0.15) is 0 Å². The Bertz CT molecular complexity index is 455. The van der Waals surface area contributed by atoms with E-state index in [9.17, 15) is 19.5 Å². The lowest BCUT2D eigenvalue weighted by molar-refractivity contribution is -0.150. The first-order valence-electron chi connectivity index (χ1n) is 8.25. The van der Waals surface area contributed by atoms with Crippen LogP contribution in [0, 0.1) is 11.8 Å². The summed E-state index contributed by atoms with van der Waals surface area (Å²) >= 11 is 0. The second-order valence-electron chi connectivity index (χ2n) is 6.56. The van der Waals surface area contributed by atoms with Crippen molar-refractivity contribution in [2.75, 3.05) is 13.1 Å². The molecule has 1 heterocycles. The molecule has 6 nitrogen and oxygen atoms in total. The SMILES string of the molecule is CCC1CCC(NC(=O)C2CC(=O)N(CC)C2)(C(=O)O)CC1. The summed E-state index contributed by atoms with van der Waals surface area (Å²) in [6, 6.07) is 0. The Hall–Kier alpha value is -1.59. The normalized spacial score (nSPS) is 32.1. The van der Waals surface area contributed by atoms with E-state index < -0.39 is 17.4 Å². The summed E-state index contributed by atoms with van der Waals surface area (Å²) in [6.07, 6.45) is 3.84. The molecule has 0 bridgehead atoms. The van der Waals surface area contributed by atoms with Crippen molar-refractivity contribution in [2.24, 2.45) is 11.8 Å². The number of rotatable bonds is 5. The molecule has 2 amide bonds. The van der Waals surface area contributed by atoms with Gasteiger partial charge in [0.1, 0.15) is 5.54 Å². The Morgan fingerprint density at radius 3 is 2.41 bits per heavy atom. The minimum Gasteiger partial charge on any atom is -0.480 e. The average Bonchev–Trinajstić information content (AvgIpc) is 2.89. The van der Waals surface area contributed by atoms with Gasteiger partial charge in [-0.15, -0.1) is 0 Å². The number of hydrogen-bond acceptors (Lipinski definition) is 3. The minimum atomic E-state index is -1.15. The highest BCUT2D eigenvalue weighted by Crippen LogP contribution is 2.34. The van der Waals surface area contributed by atoms with E-state index >= 15 is 0 Å². The molecule has 1 aliphatic carbocycles. The summed E-state index contributed by atoms with van der Waals surface area (Å²) < 4.78 is 0. The number of carbonyl (C=O) groups excluding carboxylic acids is 2. The highest BCUT2D eigenvalue weighted by molar-refractivity contribution is 5.92. The van der Waals surface area contributed by atoms with Crippen LogP contribution in [-0.4, -0.2) is 46.4 Å². The Morgan fingerprint density at radius 2 is 1.95 bits per heavy atom. The summed E-state index contributed by atoms with van der Waals surface area (Å²) in [6.45, 7) is 4.97. The predicted molar refractivity (Wildman–Crippen MR) is 81.1 cm³/mol. The average molecular weight is 310 g/mol. The fourth-order valence-corrected chi connectivity index (χ4v) is 3.56. The molecule has 124 valence electrons. The monoisotopic (exact) mass is 310 g/mol. The number of aliphatic carboxylic acids is 1. The highest BCUT2D eigenvalue weighted by atomic mass is 16.4. The molecule has 1 saturated carbocycles. The lowest BCUT2D eigenvalue weighted by Gasteiger charge is -2.37. The molecule has 2 rings (SSSR count). The quantitative estimate of drug-likeness (QED) is 0.803. The van der Waals surface area contributed by atoms with Crippen LogP contribution in [0.4, 0.5) is 0 Å². The van der Waals surface area contributed by atoms with Gasteiger partial charge in [0.15, 0.2) is 0 Å². The van der Waals surface area contributed by atoms with Crippen LogP contribution in [0.3, 0.4) is 0 Å². The third kappa shape index (κ3) is 3.25. The molecule has 0 aromatic rings. The molecule has 1 atom stereocenters. The molecule has 0 aromatic heterocycles. The van der Waals surface area contributed by atoms with Gasteiger partial charge in [-0.25, -0.2) is 4.79 Å². The van der Waals surface area contributed by atoms with E-state index in [-0.39, 0.29) is 18.2 Å². The van der Waals surface area contributed by atoms with E-state index in [0.717, 1.165) is 19.3 Å². The standard InChI is InChI=1S/C16H26N2O4/c1-3-11-5-7-16(8-6-11,15(21)22)17-14(20)12-9-13(19)18(4-2)10-12/h11-12H,3-10H2,1-2H3,(H,17,20)(H,21,22). The summed E-state index contributed by atoms with van der Waals surface area (Å²) in [4.78, 5) is 37.5. The van der Waals surface area contributed by atoms with Crippen LogP contribution < -0.4 is 5.32 Å². The van der Waals surface area contributed by atoms with Crippen molar-refractivity contribution in [2.45, 2.75) is 57.9 Å². The van der Waals surface area contributed by atoms with Gasteiger partial charge in [-0.3, -0.25) is 9.59 Å². The van der Waals surface area contributed by atoms with E-state index in [2.05, 4.69) is 12.2 Å². The first-order chi connectivity index (χ1) is 10.4. The third-order valence-corrected chi connectivity index (χ3v) is 5.27. The number of nitrogens with zero attached hydrogens (tertiary/aromatic N) is 1. The summed E-state index contributed by atoms with van der Waals surface area (Å²) in [7, 11) is 0. The fourth-order valence-electron chi connectivity index (χ4n) is 3.56. The Balaban J connectivity index is 2.02. The van der Waals surface area contributed by atoms with Gasteiger partial charge in [0.2, 0.25) is 11.8 Å². The molecule has 0 spiro atoms. The van der Waals surface area contributed by atoms with Crippen LogP contribution in [-0.2, 0) is 14.4 Å². The Morgan fingerprint density at radius 1 is 1.32 bits per heavy atom. The molecule has 0 radical (unpaired) electrons. The fraction of sp³-hybridized carbons (Fsp3) is 0.812. The Kier molecular flexibility index (Phi) is 5.08. The van der Waals surface area contributed by atoms with Crippen molar-refractivity contribution < 1.29 is 19.5 Å². The number of likely N-dealkylation sites (tertiary alicyclic amines) is 1. The first-order valence-corrected chi connectivity index (χ1v) is 8.25. The number of amides is 2. The van der Waals surface area contributed by atoms with E-state index in [1.807, 2.05) is 6.92 Å². The smallest absolute Gasteiger partial charge is 0.329 e. The van der Waals surface area contributed by atoms with Crippen LogP contribution in [0.25, 0.3) is 0 Å². The van der Waals surface area contributed by atoms with Crippen LogP contribution >= 0.6 is 0 Å². The molecular weight excluding hydrogens is 284 g/mol. The van der Waals surface area contributed by atoms with Crippen LogP contribution in [0.5, 0.6) is 0 Å². The molecule has 6 heteroatoms. The number of carbonyl (C=O) groups is 3. The number of hydrogen-bond donors (Lipinski definition) is 2. The summed E-state index contributed by atoms with van der Waals surface area (Å²) in [5.74, 6) is -1.14. The topological polar surface area (TPSA) is 86.7 Å². The van der Waals surface area contributed by atoms with Crippen molar-refractivity contribution in [1.82, 2.24) is 10.2 Å². The second kappa shape index (κ2) is 6.67. The van der Waals surface area contributed by atoms with E-state index in [0.29, 0.717) is 31.8 Å². The molecular formula is C16H26N2O4. The zero-order valence-corrected chi connectivity index (χ0v) is 13.4. The van der Waals surface area contributed by atoms with E-state index in [1.54, 1.807) is 4.90 Å². The number of carboxylic acid groups (broad SMARTS) is 1. The molecule has 22 heavy (non-hydrogen) atoms. The molecule has 2 fully saturated rings. The van der Waals surface area contributed by atoms with Crippen molar-refractivity contribution in [3.05, 3.63) is 0 Å². The maximum Gasteiger partial charge on any atom is 0.329 e. The predicted octanol–water partition coefficient (Wildman–Crippen LogP) is 1.39. The van der Waals surface area contributed by atoms with Crippen LogP contribution in [0.1, 0.15) is 52.4 Å². The van der Waals surface area contributed by atoms with E-state index in [4.69, 9.17) is 0 Å². The van der Waals surface area contributed by atoms with Gasteiger partial charge >= 0.3 is 5.97 Å². The molecule has 1 unspecified atom stereocenters. The lowest BCUT2D eigenvalue weighted by atomic mass is 9.75. The third-order valence-electron chi connectivity index (χ3n) is 5.27. The molecule has 1 saturated heterocycles. The van der Waals surface area contributed by atoms with Gasteiger partial charge in [-0.1, -0.05) is 13.3 Å². The highest BCUT2D eigenvalue weighted by Gasteiger charge is 2.45. The van der Waals surface area contributed by atoms with Crippen molar-refractivity contribution in [1.29, 1.82) is 0 Å². The van der Waals surface area contributed by atoms with Gasteiger partial charge in [-0.05, 0) is 38.5 Å². The first kappa shape index (κ1) is 16.8. The van der Waals surface area contributed by atoms with Gasteiger partial charge in [0.05, 0.1) is 5.92 Å². The van der Waals surface area contributed by atoms with E-state index in [1.165, 1.54) is 0 Å². The molecule has 2 N–H and O–H groups in total. The molecule has 2 aliphatic rings. The van der Waals surface area contributed by atoms with Gasteiger partial charge < -0.3 is 15.3 Å².